The number of rotatable bonds is 12. The van der Waals surface area contributed by atoms with Gasteiger partial charge in [0.2, 0.25) is 11.8 Å². The molecular weight excluding hydrogens is 444 g/mol. The normalized spacial score (nSPS) is 11.9. The molecule has 4 heteroatoms. The standard InChI is InChI=1S/C32H40N2O2/c1-24(2)22-33-32(36)30(21-27-11-7-5-8-12-27)34(23-28-13-9-6-10-14-28)31(35)20-17-26-15-18-29(19-16-26)25(3)4/h5-16,18-19,24-25,30H,17,20-23H2,1-4H3,(H,33,36)/t30-/m1/s1. The summed E-state index contributed by atoms with van der Waals surface area (Å²) in [5.74, 6) is 0.703. The molecule has 36 heavy (non-hydrogen) atoms. The molecule has 0 fully saturated rings. The van der Waals surface area contributed by atoms with Crippen LogP contribution in [-0.2, 0) is 29.0 Å². The zero-order valence-corrected chi connectivity index (χ0v) is 22.1. The largest absolute Gasteiger partial charge is 0.354 e. The molecule has 0 saturated carbocycles. The lowest BCUT2D eigenvalue weighted by molar-refractivity contribution is -0.141. The lowest BCUT2D eigenvalue weighted by Gasteiger charge is -2.32. The number of carbonyl (C=O) groups is 2. The van der Waals surface area contributed by atoms with Gasteiger partial charge in [0.25, 0.3) is 0 Å². The van der Waals surface area contributed by atoms with Gasteiger partial charge in [0.05, 0.1) is 0 Å². The Labute approximate surface area is 216 Å². The molecule has 0 bridgehead atoms. The molecule has 190 valence electrons. The van der Waals surface area contributed by atoms with Gasteiger partial charge in [0.15, 0.2) is 0 Å². The molecular formula is C32H40N2O2. The Bertz CT molecular complexity index is 1080. The summed E-state index contributed by atoms with van der Waals surface area (Å²) < 4.78 is 0. The van der Waals surface area contributed by atoms with Gasteiger partial charge in [-0.3, -0.25) is 9.59 Å². The fourth-order valence-electron chi connectivity index (χ4n) is 4.22. The minimum Gasteiger partial charge on any atom is -0.354 e. The van der Waals surface area contributed by atoms with Gasteiger partial charge in [-0.1, -0.05) is 113 Å². The highest BCUT2D eigenvalue weighted by molar-refractivity contribution is 5.88. The fraction of sp³-hybridized carbons (Fsp3) is 0.375. The van der Waals surface area contributed by atoms with Crippen molar-refractivity contribution in [3.05, 3.63) is 107 Å². The second-order valence-corrected chi connectivity index (χ2v) is 10.2. The van der Waals surface area contributed by atoms with Crippen LogP contribution in [0.5, 0.6) is 0 Å². The van der Waals surface area contributed by atoms with Gasteiger partial charge < -0.3 is 10.2 Å². The zero-order valence-electron chi connectivity index (χ0n) is 22.1. The molecule has 0 heterocycles. The number of carbonyl (C=O) groups excluding carboxylic acids is 2. The van der Waals surface area contributed by atoms with E-state index in [0.29, 0.717) is 44.2 Å². The van der Waals surface area contributed by atoms with Crippen molar-refractivity contribution in [2.75, 3.05) is 6.54 Å². The summed E-state index contributed by atoms with van der Waals surface area (Å²) in [7, 11) is 0. The molecule has 3 rings (SSSR count). The molecule has 0 aliphatic heterocycles. The molecule has 3 aromatic carbocycles. The van der Waals surface area contributed by atoms with E-state index in [0.717, 1.165) is 16.7 Å². The van der Waals surface area contributed by atoms with Crippen molar-refractivity contribution in [2.45, 2.75) is 65.5 Å². The van der Waals surface area contributed by atoms with E-state index in [-0.39, 0.29) is 11.8 Å². The molecule has 0 aromatic heterocycles. The molecule has 3 aromatic rings. The van der Waals surface area contributed by atoms with Gasteiger partial charge in [-0.15, -0.1) is 0 Å². The minimum atomic E-state index is -0.581. The van der Waals surface area contributed by atoms with Gasteiger partial charge in [0, 0.05) is 25.9 Å². The molecule has 0 saturated heterocycles. The third-order valence-corrected chi connectivity index (χ3v) is 6.43. The van der Waals surface area contributed by atoms with Crippen molar-refractivity contribution in [1.82, 2.24) is 10.2 Å². The van der Waals surface area contributed by atoms with Gasteiger partial charge in [-0.05, 0) is 40.5 Å². The van der Waals surface area contributed by atoms with Gasteiger partial charge in [-0.2, -0.15) is 0 Å². The lowest BCUT2D eigenvalue weighted by Crippen LogP contribution is -2.51. The van der Waals surface area contributed by atoms with Crippen LogP contribution in [0.1, 0.15) is 62.3 Å². The number of amides is 2. The van der Waals surface area contributed by atoms with Crippen LogP contribution >= 0.6 is 0 Å². The maximum Gasteiger partial charge on any atom is 0.243 e. The topological polar surface area (TPSA) is 49.4 Å². The average Bonchev–Trinajstić information content (AvgIpc) is 2.89. The summed E-state index contributed by atoms with van der Waals surface area (Å²) >= 11 is 0. The number of hydrogen-bond donors (Lipinski definition) is 1. The van der Waals surface area contributed by atoms with Crippen LogP contribution in [0.4, 0.5) is 0 Å². The third-order valence-electron chi connectivity index (χ3n) is 6.43. The molecule has 0 spiro atoms. The fourth-order valence-corrected chi connectivity index (χ4v) is 4.22. The third kappa shape index (κ3) is 8.37. The van der Waals surface area contributed by atoms with E-state index in [4.69, 9.17) is 0 Å². The molecule has 4 nitrogen and oxygen atoms in total. The Morgan fingerprint density at radius 2 is 1.33 bits per heavy atom. The quantitative estimate of drug-likeness (QED) is 0.335. The molecule has 0 unspecified atom stereocenters. The summed E-state index contributed by atoms with van der Waals surface area (Å²) in [6, 6.07) is 27.8. The predicted molar refractivity (Wildman–Crippen MR) is 148 cm³/mol. The highest BCUT2D eigenvalue weighted by atomic mass is 16.2. The zero-order chi connectivity index (χ0) is 25.9. The minimum absolute atomic E-state index is 0.00702. The van der Waals surface area contributed by atoms with Crippen LogP contribution in [0.2, 0.25) is 0 Å². The van der Waals surface area contributed by atoms with Crippen LogP contribution in [0.25, 0.3) is 0 Å². The van der Waals surface area contributed by atoms with Crippen LogP contribution in [0.15, 0.2) is 84.9 Å². The first kappa shape index (κ1) is 27.2. The molecule has 0 aliphatic carbocycles. The van der Waals surface area contributed by atoms with Crippen molar-refractivity contribution >= 4 is 11.8 Å². The van der Waals surface area contributed by atoms with E-state index in [9.17, 15) is 9.59 Å². The van der Waals surface area contributed by atoms with E-state index in [1.165, 1.54) is 5.56 Å². The second-order valence-electron chi connectivity index (χ2n) is 10.2. The van der Waals surface area contributed by atoms with Crippen molar-refractivity contribution < 1.29 is 9.59 Å². The predicted octanol–water partition coefficient (Wildman–Crippen LogP) is 6.15. The summed E-state index contributed by atoms with van der Waals surface area (Å²) in [6.45, 7) is 9.49. The number of hydrogen-bond acceptors (Lipinski definition) is 2. The van der Waals surface area contributed by atoms with Gasteiger partial charge in [-0.25, -0.2) is 0 Å². The first-order chi connectivity index (χ1) is 17.3. The van der Waals surface area contributed by atoms with Crippen LogP contribution in [0, 0.1) is 5.92 Å². The Balaban J connectivity index is 1.84. The Kier molecular flexibility index (Phi) is 10.3. The van der Waals surface area contributed by atoms with Gasteiger partial charge in [0.1, 0.15) is 6.04 Å². The highest BCUT2D eigenvalue weighted by Gasteiger charge is 2.30. The number of aryl methyl sites for hydroxylation is 1. The van der Waals surface area contributed by atoms with E-state index >= 15 is 0 Å². The smallest absolute Gasteiger partial charge is 0.243 e. The van der Waals surface area contributed by atoms with E-state index in [1.54, 1.807) is 4.90 Å². The summed E-state index contributed by atoms with van der Waals surface area (Å²) in [4.78, 5) is 29.0. The van der Waals surface area contributed by atoms with Crippen molar-refractivity contribution in [2.24, 2.45) is 5.92 Å². The molecule has 2 amide bonds. The number of nitrogens with zero attached hydrogens (tertiary/aromatic N) is 1. The number of nitrogens with one attached hydrogen (secondary N) is 1. The highest BCUT2D eigenvalue weighted by Crippen LogP contribution is 2.19. The summed E-state index contributed by atoms with van der Waals surface area (Å²) in [6.07, 6.45) is 1.48. The molecule has 1 N–H and O–H groups in total. The number of benzene rings is 3. The first-order valence-electron chi connectivity index (χ1n) is 13.1. The maximum atomic E-state index is 13.7. The molecule has 0 radical (unpaired) electrons. The van der Waals surface area contributed by atoms with Crippen molar-refractivity contribution in [1.29, 1.82) is 0 Å². The Morgan fingerprint density at radius 3 is 1.89 bits per heavy atom. The van der Waals surface area contributed by atoms with Crippen LogP contribution < -0.4 is 5.32 Å². The second kappa shape index (κ2) is 13.6. The first-order valence-corrected chi connectivity index (χ1v) is 13.1. The summed E-state index contributed by atoms with van der Waals surface area (Å²) in [5.41, 5.74) is 4.48. The van der Waals surface area contributed by atoms with E-state index < -0.39 is 6.04 Å². The Morgan fingerprint density at radius 1 is 0.750 bits per heavy atom. The Hall–Kier alpha value is -3.40. The van der Waals surface area contributed by atoms with Crippen LogP contribution in [-0.4, -0.2) is 29.3 Å². The monoisotopic (exact) mass is 484 g/mol. The lowest BCUT2D eigenvalue weighted by atomic mass is 9.99. The van der Waals surface area contributed by atoms with Crippen molar-refractivity contribution in [3.8, 4) is 0 Å². The molecule has 0 aliphatic rings. The van der Waals surface area contributed by atoms with Gasteiger partial charge >= 0.3 is 0 Å². The summed E-state index contributed by atoms with van der Waals surface area (Å²) in [5, 5.41) is 3.08. The SMILES string of the molecule is CC(C)CNC(=O)[C@@H](Cc1ccccc1)N(Cc1ccccc1)C(=O)CCc1ccc(C(C)C)cc1. The van der Waals surface area contributed by atoms with Crippen molar-refractivity contribution in [3.63, 3.8) is 0 Å². The average molecular weight is 485 g/mol. The van der Waals surface area contributed by atoms with E-state index in [2.05, 4.69) is 57.3 Å². The maximum absolute atomic E-state index is 13.7. The molecule has 1 atom stereocenters. The van der Waals surface area contributed by atoms with Crippen LogP contribution in [0.3, 0.4) is 0 Å². The van der Waals surface area contributed by atoms with E-state index in [1.807, 2.05) is 60.7 Å².